The van der Waals surface area contributed by atoms with Crippen LogP contribution in [-0.4, -0.2) is 50.2 Å². The van der Waals surface area contributed by atoms with Gasteiger partial charge in [-0.05, 0) is 33.0 Å². The van der Waals surface area contributed by atoms with Crippen molar-refractivity contribution in [2.45, 2.75) is 45.5 Å². The summed E-state index contributed by atoms with van der Waals surface area (Å²) in [6.07, 6.45) is 2.33. The van der Waals surface area contributed by atoms with Gasteiger partial charge in [0, 0.05) is 31.9 Å². The molecule has 0 aliphatic carbocycles. The van der Waals surface area contributed by atoms with Crippen LogP contribution < -0.4 is 5.32 Å². The highest BCUT2D eigenvalue weighted by Gasteiger charge is 2.32. The van der Waals surface area contributed by atoms with E-state index in [1.54, 1.807) is 32.9 Å². The Morgan fingerprint density at radius 3 is 2.65 bits per heavy atom. The first-order valence-electron chi connectivity index (χ1n) is 8.61. The maximum Gasteiger partial charge on any atom is 0.216 e. The van der Waals surface area contributed by atoms with E-state index in [0.717, 1.165) is 19.8 Å². The van der Waals surface area contributed by atoms with Crippen LogP contribution in [0.25, 0.3) is 0 Å². The first-order chi connectivity index (χ1) is 12.3. The van der Waals surface area contributed by atoms with Crippen LogP contribution in [-0.2, 0) is 14.2 Å². The van der Waals surface area contributed by atoms with Crippen molar-refractivity contribution in [3.8, 4) is 0 Å². The largest absolute Gasteiger partial charge is 0.471 e. The predicted octanol–water partition coefficient (Wildman–Crippen LogP) is 3.18. The van der Waals surface area contributed by atoms with Crippen molar-refractivity contribution in [1.29, 1.82) is 0 Å². The summed E-state index contributed by atoms with van der Waals surface area (Å²) < 4.78 is 21.2. The van der Waals surface area contributed by atoms with Crippen LogP contribution in [0.2, 0.25) is 0 Å². The number of ether oxygens (including phenoxy) is 3. The number of hydrogen-bond donors (Lipinski definition) is 1. The Bertz CT molecular complexity index is 486. The summed E-state index contributed by atoms with van der Waals surface area (Å²) in [6, 6.07) is 3.40. The Hall–Kier alpha value is -1.90. The highest BCUT2D eigenvalue weighted by molar-refractivity contribution is 5.07. The zero-order valence-electron chi connectivity index (χ0n) is 16.4. The normalized spacial score (nSPS) is 13.3. The molecule has 1 aromatic heterocycles. The Balaban J connectivity index is 0.000000758. The fourth-order valence-corrected chi connectivity index (χ4v) is 2.21. The Morgan fingerprint density at radius 2 is 2.19 bits per heavy atom. The van der Waals surface area contributed by atoms with Crippen molar-refractivity contribution >= 4 is 0 Å². The fraction of sp³-hybridized carbons (Fsp3) is 0.667. The predicted molar refractivity (Wildman–Crippen MR) is 99.6 cm³/mol. The molecule has 8 heteroatoms. The van der Waals surface area contributed by atoms with E-state index >= 15 is 0 Å². The van der Waals surface area contributed by atoms with E-state index < -0.39 is 17.8 Å². The lowest BCUT2D eigenvalue weighted by Crippen LogP contribution is -2.35. The van der Waals surface area contributed by atoms with Gasteiger partial charge in [0.1, 0.15) is 11.7 Å². The van der Waals surface area contributed by atoms with Crippen LogP contribution >= 0.6 is 0 Å². The van der Waals surface area contributed by atoms with Gasteiger partial charge in [0.25, 0.3) is 0 Å². The van der Waals surface area contributed by atoms with Crippen molar-refractivity contribution in [1.82, 2.24) is 5.32 Å². The zero-order chi connectivity index (χ0) is 20.0. The van der Waals surface area contributed by atoms with Crippen LogP contribution in [0.5, 0.6) is 0 Å². The van der Waals surface area contributed by atoms with Crippen molar-refractivity contribution in [2.24, 2.45) is 0 Å². The average molecular weight is 372 g/mol. The van der Waals surface area contributed by atoms with Gasteiger partial charge in [-0.3, -0.25) is 10.1 Å². The second kappa shape index (κ2) is 13.3. The molecule has 0 radical (unpaired) electrons. The van der Waals surface area contributed by atoms with Crippen LogP contribution in [0.15, 0.2) is 35.7 Å². The molecule has 0 saturated heterocycles. The van der Waals surface area contributed by atoms with Gasteiger partial charge in [-0.2, -0.15) is 0 Å². The van der Waals surface area contributed by atoms with Gasteiger partial charge in [-0.15, -0.1) is 0 Å². The number of nitro groups is 1. The molecular weight excluding hydrogens is 340 g/mol. The molecule has 26 heavy (non-hydrogen) atoms. The zero-order valence-corrected chi connectivity index (χ0v) is 16.4. The monoisotopic (exact) mass is 372 g/mol. The number of hydrogen-bond acceptors (Lipinski definition) is 7. The maximum absolute atomic E-state index is 10.8. The molecule has 1 rings (SSSR count). The van der Waals surface area contributed by atoms with Crippen molar-refractivity contribution in [3.05, 3.63) is 47.1 Å². The SMILES string of the molecule is C=COC(C)(C)OC(C)C(C[N+](=O)[O-])c1ccco1.CCOCCNC. The molecule has 0 aliphatic rings. The van der Waals surface area contributed by atoms with Gasteiger partial charge in [0.05, 0.1) is 25.2 Å². The summed E-state index contributed by atoms with van der Waals surface area (Å²) in [5, 5.41) is 13.7. The Morgan fingerprint density at radius 1 is 1.50 bits per heavy atom. The smallest absolute Gasteiger partial charge is 0.216 e. The second-order valence-corrected chi connectivity index (χ2v) is 5.95. The van der Waals surface area contributed by atoms with E-state index in [1.807, 2.05) is 14.0 Å². The molecule has 0 aromatic carbocycles. The minimum absolute atomic E-state index is 0.265. The Labute approximate surface area is 155 Å². The second-order valence-electron chi connectivity index (χ2n) is 5.95. The summed E-state index contributed by atoms with van der Waals surface area (Å²) >= 11 is 0. The number of nitrogens with one attached hydrogen (secondary N) is 1. The molecule has 1 heterocycles. The van der Waals surface area contributed by atoms with Crippen molar-refractivity contribution in [3.63, 3.8) is 0 Å². The summed E-state index contributed by atoms with van der Waals surface area (Å²) in [6.45, 7) is 13.0. The molecule has 0 fully saturated rings. The van der Waals surface area contributed by atoms with E-state index in [-0.39, 0.29) is 11.5 Å². The lowest BCUT2D eigenvalue weighted by Gasteiger charge is -2.30. The number of rotatable bonds is 12. The number of furan rings is 1. The molecule has 2 unspecified atom stereocenters. The van der Waals surface area contributed by atoms with Gasteiger partial charge < -0.3 is 23.9 Å². The lowest BCUT2D eigenvalue weighted by molar-refractivity contribution is -0.486. The molecule has 0 amide bonds. The summed E-state index contributed by atoms with van der Waals surface area (Å²) in [7, 11) is 1.92. The van der Waals surface area contributed by atoms with Crippen molar-refractivity contribution in [2.75, 3.05) is 33.4 Å². The number of likely N-dealkylation sites (N-methyl/N-ethyl adjacent to an activating group) is 1. The van der Waals surface area contributed by atoms with Crippen LogP contribution in [0, 0.1) is 10.1 Å². The van der Waals surface area contributed by atoms with Gasteiger partial charge in [0.2, 0.25) is 12.3 Å². The quantitative estimate of drug-likeness (QED) is 0.198. The molecule has 150 valence electrons. The first-order valence-corrected chi connectivity index (χ1v) is 8.61. The van der Waals surface area contributed by atoms with E-state index in [1.165, 1.54) is 12.5 Å². The fourth-order valence-electron chi connectivity index (χ4n) is 2.21. The first kappa shape index (κ1) is 24.1. The van der Waals surface area contributed by atoms with E-state index in [9.17, 15) is 10.1 Å². The lowest BCUT2D eigenvalue weighted by atomic mass is 10.0. The molecule has 0 aliphatic heterocycles. The molecule has 1 aromatic rings. The summed E-state index contributed by atoms with van der Waals surface area (Å²) in [5.41, 5.74) is 0. The molecule has 2 atom stereocenters. The third kappa shape index (κ3) is 10.9. The highest BCUT2D eigenvalue weighted by Crippen LogP contribution is 2.27. The van der Waals surface area contributed by atoms with E-state index in [4.69, 9.17) is 18.6 Å². The van der Waals surface area contributed by atoms with Gasteiger partial charge in [-0.1, -0.05) is 6.58 Å². The topological polar surface area (TPSA) is 96.0 Å². The van der Waals surface area contributed by atoms with Gasteiger partial charge in [0.15, 0.2) is 0 Å². The van der Waals surface area contributed by atoms with Crippen LogP contribution in [0.1, 0.15) is 39.4 Å². The third-order valence-electron chi connectivity index (χ3n) is 3.36. The standard InChI is InChI=1S/C13H19NO5.C5H13NO/c1-5-18-13(3,4)19-10(2)11(9-14(15)16)12-7-6-8-17-12;1-3-7-5-4-6-2/h5-8,10-11H,1,9H2,2-4H3;6H,3-5H2,1-2H3. The third-order valence-corrected chi connectivity index (χ3v) is 3.36. The molecule has 0 bridgehead atoms. The molecular formula is C18H32N2O6. The van der Waals surface area contributed by atoms with E-state index in [2.05, 4.69) is 11.9 Å². The molecule has 0 saturated carbocycles. The minimum atomic E-state index is -0.900. The van der Waals surface area contributed by atoms with Gasteiger partial charge >= 0.3 is 0 Å². The number of nitrogens with zero attached hydrogens (tertiary/aromatic N) is 1. The maximum atomic E-state index is 10.8. The van der Waals surface area contributed by atoms with Crippen LogP contribution in [0.3, 0.4) is 0 Å². The Kier molecular flexibility index (Phi) is 12.3. The molecule has 8 nitrogen and oxygen atoms in total. The summed E-state index contributed by atoms with van der Waals surface area (Å²) in [5.74, 6) is -0.848. The minimum Gasteiger partial charge on any atom is -0.471 e. The highest BCUT2D eigenvalue weighted by atomic mass is 16.7. The molecule has 1 N–H and O–H groups in total. The average Bonchev–Trinajstić information content (AvgIpc) is 3.07. The summed E-state index contributed by atoms with van der Waals surface area (Å²) in [4.78, 5) is 10.4. The van der Waals surface area contributed by atoms with Crippen LogP contribution in [0.4, 0.5) is 0 Å². The van der Waals surface area contributed by atoms with Crippen molar-refractivity contribution < 1.29 is 23.6 Å². The van der Waals surface area contributed by atoms with Gasteiger partial charge in [-0.25, -0.2) is 0 Å². The van der Waals surface area contributed by atoms with E-state index in [0.29, 0.717) is 5.76 Å². The molecule has 0 spiro atoms.